The van der Waals surface area contributed by atoms with Crippen LogP contribution in [0.2, 0.25) is 0 Å². The average Bonchev–Trinajstić information content (AvgIpc) is 3.14. The summed E-state index contributed by atoms with van der Waals surface area (Å²) in [5.74, 6) is -1.26. The zero-order valence-electron chi connectivity index (χ0n) is 13.9. The van der Waals surface area contributed by atoms with Gasteiger partial charge in [-0.05, 0) is 55.5 Å². The summed E-state index contributed by atoms with van der Waals surface area (Å²) >= 11 is 0. The van der Waals surface area contributed by atoms with Crippen molar-refractivity contribution in [3.63, 3.8) is 0 Å². The van der Waals surface area contributed by atoms with Crippen molar-refractivity contribution in [2.24, 2.45) is 5.92 Å². The van der Waals surface area contributed by atoms with Crippen molar-refractivity contribution >= 4 is 11.9 Å². The number of rotatable bonds is 5. The van der Waals surface area contributed by atoms with Gasteiger partial charge in [-0.2, -0.15) is 0 Å². The number of nitrogens with zero attached hydrogens (tertiary/aromatic N) is 2. The first-order valence-corrected chi connectivity index (χ1v) is 8.48. The molecule has 3 rings (SSSR count). The second-order valence-corrected chi connectivity index (χ2v) is 6.45. The lowest BCUT2D eigenvalue weighted by molar-refractivity contribution is -0.137. The van der Waals surface area contributed by atoms with E-state index >= 15 is 0 Å². The molecule has 1 atom stereocenters. The molecule has 1 aromatic carbocycles. The minimum Gasteiger partial charge on any atom is -0.481 e. The fourth-order valence-corrected chi connectivity index (χ4v) is 3.34. The van der Waals surface area contributed by atoms with Crippen LogP contribution < -0.4 is 0 Å². The Morgan fingerprint density at radius 1 is 1.24 bits per heavy atom. The van der Waals surface area contributed by atoms with Crippen LogP contribution in [0.15, 0.2) is 42.7 Å². The maximum Gasteiger partial charge on any atom is 0.303 e. The van der Waals surface area contributed by atoms with Gasteiger partial charge in [0.2, 0.25) is 0 Å². The summed E-state index contributed by atoms with van der Waals surface area (Å²) in [6.07, 6.45) is 5.96. The summed E-state index contributed by atoms with van der Waals surface area (Å²) < 4.78 is 16.0. The van der Waals surface area contributed by atoms with E-state index in [0.717, 1.165) is 12.8 Å². The molecular formula is C19H21FN2O3. The molecule has 0 saturated carbocycles. The van der Waals surface area contributed by atoms with Gasteiger partial charge >= 0.3 is 5.97 Å². The molecule has 0 bridgehead atoms. The Morgan fingerprint density at radius 2 is 2.00 bits per heavy atom. The third kappa shape index (κ3) is 4.07. The van der Waals surface area contributed by atoms with Crippen molar-refractivity contribution in [1.82, 2.24) is 9.47 Å². The Bertz CT molecular complexity index is 758. The van der Waals surface area contributed by atoms with Gasteiger partial charge in [-0.1, -0.05) is 0 Å². The molecule has 6 heteroatoms. The smallest absolute Gasteiger partial charge is 0.303 e. The van der Waals surface area contributed by atoms with Crippen LogP contribution in [0.5, 0.6) is 0 Å². The highest BCUT2D eigenvalue weighted by molar-refractivity contribution is 5.94. The number of carboxylic acid groups (broad SMARTS) is 1. The molecular weight excluding hydrogens is 323 g/mol. The van der Waals surface area contributed by atoms with E-state index in [-0.39, 0.29) is 18.2 Å². The van der Waals surface area contributed by atoms with Crippen LogP contribution in [0.3, 0.4) is 0 Å². The lowest BCUT2D eigenvalue weighted by Crippen LogP contribution is -2.40. The number of benzene rings is 1. The van der Waals surface area contributed by atoms with Gasteiger partial charge in [0, 0.05) is 37.5 Å². The number of halogens is 1. The van der Waals surface area contributed by atoms with Crippen molar-refractivity contribution in [1.29, 1.82) is 0 Å². The number of carboxylic acids is 1. The fraction of sp³-hybridized carbons (Fsp3) is 0.368. The van der Waals surface area contributed by atoms with Crippen LogP contribution in [-0.2, 0) is 4.79 Å². The number of hydrogen-bond donors (Lipinski definition) is 1. The van der Waals surface area contributed by atoms with Crippen molar-refractivity contribution < 1.29 is 19.1 Å². The number of aromatic nitrogens is 1. The Kier molecular flexibility index (Phi) is 5.16. The van der Waals surface area contributed by atoms with Crippen molar-refractivity contribution in [3.05, 3.63) is 54.1 Å². The maximum absolute atomic E-state index is 14.4. The van der Waals surface area contributed by atoms with E-state index in [4.69, 9.17) is 5.11 Å². The van der Waals surface area contributed by atoms with Crippen molar-refractivity contribution in [2.75, 3.05) is 13.1 Å². The van der Waals surface area contributed by atoms with E-state index in [1.807, 2.05) is 12.1 Å². The Balaban J connectivity index is 1.70. The summed E-state index contributed by atoms with van der Waals surface area (Å²) in [7, 11) is 0. The lowest BCUT2D eigenvalue weighted by atomic mass is 9.93. The molecule has 25 heavy (non-hydrogen) atoms. The van der Waals surface area contributed by atoms with E-state index < -0.39 is 11.8 Å². The Hall–Kier alpha value is -2.63. The predicted octanol–water partition coefficient (Wildman–Crippen LogP) is 3.33. The Labute approximate surface area is 145 Å². The summed E-state index contributed by atoms with van der Waals surface area (Å²) in [5, 5.41) is 8.81. The summed E-state index contributed by atoms with van der Waals surface area (Å²) in [5.41, 5.74) is 0.729. The highest BCUT2D eigenvalue weighted by atomic mass is 19.1. The average molecular weight is 344 g/mol. The molecule has 1 saturated heterocycles. The zero-order chi connectivity index (χ0) is 17.8. The number of carbonyl (C=O) groups is 2. The van der Waals surface area contributed by atoms with E-state index in [1.165, 1.54) is 6.07 Å². The quantitative estimate of drug-likeness (QED) is 0.905. The summed E-state index contributed by atoms with van der Waals surface area (Å²) in [4.78, 5) is 25.1. The fourth-order valence-electron chi connectivity index (χ4n) is 3.34. The highest BCUT2D eigenvalue weighted by Gasteiger charge is 2.25. The third-order valence-electron chi connectivity index (χ3n) is 4.65. The second-order valence-electron chi connectivity index (χ2n) is 6.45. The molecule has 0 unspecified atom stereocenters. The molecule has 2 aromatic rings. The monoisotopic (exact) mass is 344 g/mol. The molecule has 0 spiro atoms. The van der Waals surface area contributed by atoms with E-state index in [9.17, 15) is 14.0 Å². The number of carbonyl (C=O) groups excluding carboxylic acids is 1. The van der Waals surface area contributed by atoms with Crippen LogP contribution in [0.25, 0.3) is 5.69 Å². The van der Waals surface area contributed by atoms with Gasteiger partial charge in [0.05, 0.1) is 5.69 Å². The summed E-state index contributed by atoms with van der Waals surface area (Å²) in [6, 6.07) is 8.14. The van der Waals surface area contributed by atoms with Gasteiger partial charge < -0.3 is 14.6 Å². The normalized spacial score (nSPS) is 17.5. The summed E-state index contributed by atoms with van der Waals surface area (Å²) in [6.45, 7) is 1.16. The topological polar surface area (TPSA) is 62.5 Å². The first kappa shape index (κ1) is 17.2. The lowest BCUT2D eigenvalue weighted by Gasteiger charge is -2.32. The second kappa shape index (κ2) is 7.51. The maximum atomic E-state index is 14.4. The number of aliphatic carboxylic acids is 1. The molecule has 1 aliphatic rings. The minimum absolute atomic E-state index is 0.118. The first-order chi connectivity index (χ1) is 12.0. The predicted molar refractivity (Wildman–Crippen MR) is 91.2 cm³/mol. The van der Waals surface area contributed by atoms with Gasteiger partial charge in [0.25, 0.3) is 5.91 Å². The van der Waals surface area contributed by atoms with Crippen molar-refractivity contribution in [3.8, 4) is 5.69 Å². The van der Waals surface area contributed by atoms with Crippen LogP contribution in [0, 0.1) is 11.7 Å². The molecule has 1 amide bonds. The molecule has 1 N–H and O–H groups in total. The number of amides is 1. The van der Waals surface area contributed by atoms with Gasteiger partial charge in [-0.15, -0.1) is 0 Å². The Morgan fingerprint density at radius 3 is 2.68 bits per heavy atom. The first-order valence-electron chi connectivity index (χ1n) is 8.48. The molecule has 1 fully saturated rings. The number of hydrogen-bond acceptors (Lipinski definition) is 2. The molecule has 1 aromatic heterocycles. The minimum atomic E-state index is -0.814. The molecule has 2 heterocycles. The zero-order valence-corrected chi connectivity index (χ0v) is 13.9. The molecule has 132 valence electrons. The third-order valence-corrected chi connectivity index (χ3v) is 4.65. The van der Waals surface area contributed by atoms with E-state index in [2.05, 4.69) is 0 Å². The van der Waals surface area contributed by atoms with Gasteiger partial charge in [-0.25, -0.2) is 4.39 Å². The van der Waals surface area contributed by atoms with Gasteiger partial charge in [0.1, 0.15) is 5.82 Å². The molecule has 0 aliphatic carbocycles. The van der Waals surface area contributed by atoms with Crippen LogP contribution >= 0.6 is 0 Å². The van der Waals surface area contributed by atoms with E-state index in [0.29, 0.717) is 30.8 Å². The van der Waals surface area contributed by atoms with Crippen LogP contribution in [0.4, 0.5) is 4.39 Å². The SMILES string of the molecule is O=C(O)CC[C@@H]1CCCN(C(=O)c2ccc(-n3cccc3)c(F)c2)C1. The number of likely N-dealkylation sites (tertiary alicyclic amines) is 1. The van der Waals surface area contributed by atoms with Gasteiger partial charge in [0.15, 0.2) is 0 Å². The molecule has 1 aliphatic heterocycles. The van der Waals surface area contributed by atoms with E-state index in [1.54, 1.807) is 34.0 Å². The highest BCUT2D eigenvalue weighted by Crippen LogP contribution is 2.23. The molecule has 5 nitrogen and oxygen atoms in total. The largest absolute Gasteiger partial charge is 0.481 e. The molecule has 0 radical (unpaired) electrons. The number of piperidine rings is 1. The van der Waals surface area contributed by atoms with Crippen LogP contribution in [-0.4, -0.2) is 39.5 Å². The van der Waals surface area contributed by atoms with Gasteiger partial charge in [-0.3, -0.25) is 9.59 Å². The van der Waals surface area contributed by atoms with Crippen LogP contribution in [0.1, 0.15) is 36.0 Å². The van der Waals surface area contributed by atoms with Crippen molar-refractivity contribution in [2.45, 2.75) is 25.7 Å². The standard InChI is InChI=1S/C19H21FN2O3/c20-16-12-15(6-7-17(16)21-9-1-2-10-21)19(25)22-11-3-4-14(13-22)5-8-18(23)24/h1-2,6-7,9-10,12,14H,3-5,8,11,13H2,(H,23,24)/t14-/m0/s1.